The molecular weight excluding hydrogens is 298 g/mol. The molecule has 0 heterocycles. The molecule has 2 aromatic carbocycles. The Bertz CT molecular complexity index is 626. The normalized spacial score (nSPS) is 10.2. The van der Waals surface area contributed by atoms with Crippen LogP contribution in [0.4, 0.5) is 5.69 Å². The molecule has 4 nitrogen and oxygen atoms in total. The van der Waals surface area contributed by atoms with Crippen LogP contribution in [-0.2, 0) is 0 Å². The standard InChI is InChI=1S/C14H10ClNO3S/c15-11-3-7-13(8-4-11)20-9-14(17)10-1-5-12(6-2-10)16(18)19/h1-8H,9H2. The van der Waals surface area contributed by atoms with Crippen LogP contribution in [0.15, 0.2) is 53.4 Å². The Morgan fingerprint density at radius 2 is 1.70 bits per heavy atom. The van der Waals surface area contributed by atoms with E-state index in [2.05, 4.69) is 0 Å². The van der Waals surface area contributed by atoms with Crippen LogP contribution in [0.25, 0.3) is 0 Å². The summed E-state index contributed by atoms with van der Waals surface area (Å²) in [5.74, 6) is 0.208. The lowest BCUT2D eigenvalue weighted by Gasteiger charge is -2.02. The molecule has 0 saturated heterocycles. The van der Waals surface area contributed by atoms with Crippen LogP contribution >= 0.6 is 23.4 Å². The molecule has 0 saturated carbocycles. The summed E-state index contributed by atoms with van der Waals surface area (Å²) in [5.41, 5.74) is 0.448. The fourth-order valence-corrected chi connectivity index (χ4v) is 2.45. The van der Waals surface area contributed by atoms with Crippen LogP contribution in [0, 0.1) is 10.1 Å². The van der Waals surface area contributed by atoms with Gasteiger partial charge in [0.05, 0.1) is 10.7 Å². The van der Waals surface area contributed by atoms with E-state index in [0.29, 0.717) is 10.6 Å². The highest BCUT2D eigenvalue weighted by atomic mass is 35.5. The minimum Gasteiger partial charge on any atom is -0.293 e. The molecule has 0 N–H and O–H groups in total. The number of hydrogen-bond donors (Lipinski definition) is 0. The zero-order chi connectivity index (χ0) is 14.5. The van der Waals surface area contributed by atoms with Crippen molar-refractivity contribution in [3.63, 3.8) is 0 Å². The van der Waals surface area contributed by atoms with Crippen molar-refractivity contribution in [3.05, 3.63) is 69.2 Å². The van der Waals surface area contributed by atoms with E-state index in [1.807, 2.05) is 12.1 Å². The second-order valence-corrected chi connectivity index (χ2v) is 5.45. The number of Topliss-reactive ketones (excluding diaryl/α,β-unsaturated/α-hetero) is 1. The molecule has 6 heteroatoms. The van der Waals surface area contributed by atoms with Gasteiger partial charge in [0.2, 0.25) is 0 Å². The average molecular weight is 308 g/mol. The molecule has 0 aliphatic rings. The lowest BCUT2D eigenvalue weighted by atomic mass is 10.1. The van der Waals surface area contributed by atoms with E-state index in [1.54, 1.807) is 12.1 Å². The Labute approximate surface area is 124 Å². The molecule has 0 amide bonds. The van der Waals surface area contributed by atoms with E-state index in [9.17, 15) is 14.9 Å². The molecule has 0 unspecified atom stereocenters. The zero-order valence-electron chi connectivity index (χ0n) is 10.3. The number of ketones is 1. The quantitative estimate of drug-likeness (QED) is 0.359. The van der Waals surface area contributed by atoms with Crippen LogP contribution in [-0.4, -0.2) is 16.5 Å². The Hall–Kier alpha value is -1.85. The number of hydrogen-bond acceptors (Lipinski definition) is 4. The van der Waals surface area contributed by atoms with Crippen LogP contribution in [0.2, 0.25) is 5.02 Å². The topological polar surface area (TPSA) is 60.2 Å². The molecule has 0 aliphatic carbocycles. The molecule has 0 aromatic heterocycles. The number of carbonyl (C=O) groups is 1. The second kappa shape index (κ2) is 6.54. The van der Waals surface area contributed by atoms with Crippen molar-refractivity contribution in [1.82, 2.24) is 0 Å². The number of nitrogens with zero attached hydrogens (tertiary/aromatic N) is 1. The third-order valence-corrected chi connectivity index (χ3v) is 3.85. The van der Waals surface area contributed by atoms with Crippen molar-refractivity contribution < 1.29 is 9.72 Å². The highest BCUT2D eigenvalue weighted by molar-refractivity contribution is 8.00. The molecular formula is C14H10ClNO3S. The van der Waals surface area contributed by atoms with Gasteiger partial charge in [0.25, 0.3) is 5.69 Å². The first kappa shape index (κ1) is 14.6. The van der Waals surface area contributed by atoms with Crippen molar-refractivity contribution in [1.29, 1.82) is 0 Å². The fraction of sp³-hybridized carbons (Fsp3) is 0.0714. The van der Waals surface area contributed by atoms with Crippen LogP contribution in [0.5, 0.6) is 0 Å². The van der Waals surface area contributed by atoms with Gasteiger partial charge in [-0.3, -0.25) is 14.9 Å². The minimum absolute atomic E-state index is 0.0214. The summed E-state index contributed by atoms with van der Waals surface area (Å²) >= 11 is 7.18. The number of benzene rings is 2. The molecule has 0 radical (unpaired) electrons. The van der Waals surface area contributed by atoms with E-state index in [-0.39, 0.29) is 17.2 Å². The maximum absolute atomic E-state index is 11.9. The number of nitro benzene ring substituents is 1. The fourth-order valence-electron chi connectivity index (χ4n) is 1.53. The second-order valence-electron chi connectivity index (χ2n) is 3.97. The summed E-state index contributed by atoms with van der Waals surface area (Å²) in [6.07, 6.45) is 0. The summed E-state index contributed by atoms with van der Waals surface area (Å²) in [7, 11) is 0. The van der Waals surface area contributed by atoms with Gasteiger partial charge in [0.15, 0.2) is 5.78 Å². The summed E-state index contributed by atoms with van der Waals surface area (Å²) in [6, 6.07) is 12.8. The monoisotopic (exact) mass is 307 g/mol. The zero-order valence-corrected chi connectivity index (χ0v) is 11.9. The summed E-state index contributed by atoms with van der Waals surface area (Å²) in [6.45, 7) is 0. The van der Waals surface area contributed by atoms with Crippen molar-refractivity contribution in [2.24, 2.45) is 0 Å². The SMILES string of the molecule is O=C(CSc1ccc(Cl)cc1)c1ccc([N+](=O)[O-])cc1. The van der Waals surface area contributed by atoms with Crippen LogP contribution in [0.3, 0.4) is 0 Å². The van der Waals surface area contributed by atoms with Gasteiger partial charge in [-0.15, -0.1) is 11.8 Å². The maximum atomic E-state index is 11.9. The smallest absolute Gasteiger partial charge is 0.269 e. The molecule has 0 bridgehead atoms. The molecule has 102 valence electrons. The Balaban J connectivity index is 1.97. The summed E-state index contributed by atoms with van der Waals surface area (Å²) in [5, 5.41) is 11.2. The third kappa shape index (κ3) is 3.82. The molecule has 0 fully saturated rings. The predicted molar refractivity (Wildman–Crippen MR) is 79.6 cm³/mol. The van der Waals surface area contributed by atoms with Crippen molar-refractivity contribution >= 4 is 34.8 Å². The number of carbonyl (C=O) groups excluding carboxylic acids is 1. The molecule has 0 spiro atoms. The summed E-state index contributed by atoms with van der Waals surface area (Å²) in [4.78, 5) is 22.9. The minimum atomic E-state index is -0.489. The molecule has 0 atom stereocenters. The van der Waals surface area contributed by atoms with Gasteiger partial charge in [-0.2, -0.15) is 0 Å². The van der Waals surface area contributed by atoms with E-state index in [0.717, 1.165) is 4.90 Å². The van der Waals surface area contributed by atoms with Crippen LogP contribution in [0.1, 0.15) is 10.4 Å². The van der Waals surface area contributed by atoms with Crippen molar-refractivity contribution in [2.75, 3.05) is 5.75 Å². The number of rotatable bonds is 5. The molecule has 2 aromatic rings. The first-order chi connectivity index (χ1) is 9.56. The lowest BCUT2D eigenvalue weighted by Crippen LogP contribution is -2.02. The van der Waals surface area contributed by atoms with Gasteiger partial charge in [-0.05, 0) is 36.4 Å². The number of non-ortho nitro benzene ring substituents is 1. The number of thioether (sulfide) groups is 1. The van der Waals surface area contributed by atoms with Gasteiger partial charge >= 0.3 is 0 Å². The number of halogens is 1. The van der Waals surface area contributed by atoms with Gasteiger partial charge in [0, 0.05) is 27.6 Å². The van der Waals surface area contributed by atoms with Crippen molar-refractivity contribution in [3.8, 4) is 0 Å². The maximum Gasteiger partial charge on any atom is 0.269 e. The van der Waals surface area contributed by atoms with Gasteiger partial charge in [0.1, 0.15) is 0 Å². The average Bonchev–Trinajstić information content (AvgIpc) is 2.46. The molecule has 0 aliphatic heterocycles. The van der Waals surface area contributed by atoms with E-state index >= 15 is 0 Å². The van der Waals surface area contributed by atoms with Gasteiger partial charge in [-0.1, -0.05) is 11.6 Å². The van der Waals surface area contributed by atoms with Crippen LogP contribution < -0.4 is 0 Å². The highest BCUT2D eigenvalue weighted by Crippen LogP contribution is 2.22. The van der Waals surface area contributed by atoms with E-state index in [4.69, 9.17) is 11.6 Å². The first-order valence-electron chi connectivity index (χ1n) is 5.72. The summed E-state index contributed by atoms with van der Waals surface area (Å²) < 4.78 is 0. The van der Waals surface area contributed by atoms with E-state index in [1.165, 1.54) is 36.0 Å². The predicted octanol–water partition coefficient (Wildman–Crippen LogP) is 4.22. The van der Waals surface area contributed by atoms with E-state index < -0.39 is 4.92 Å². The Morgan fingerprint density at radius 1 is 1.10 bits per heavy atom. The Morgan fingerprint density at radius 3 is 2.25 bits per heavy atom. The third-order valence-electron chi connectivity index (χ3n) is 2.58. The molecule has 2 rings (SSSR count). The first-order valence-corrected chi connectivity index (χ1v) is 7.08. The Kier molecular flexibility index (Phi) is 4.76. The lowest BCUT2D eigenvalue weighted by molar-refractivity contribution is -0.384. The van der Waals surface area contributed by atoms with Crippen molar-refractivity contribution in [2.45, 2.75) is 4.90 Å². The largest absolute Gasteiger partial charge is 0.293 e. The number of nitro groups is 1. The molecule has 20 heavy (non-hydrogen) atoms. The van der Waals surface area contributed by atoms with Gasteiger partial charge in [-0.25, -0.2) is 0 Å². The highest BCUT2D eigenvalue weighted by Gasteiger charge is 2.10. The van der Waals surface area contributed by atoms with Gasteiger partial charge < -0.3 is 0 Å².